The van der Waals surface area contributed by atoms with E-state index in [9.17, 15) is 24.3 Å². The maximum absolute atomic E-state index is 12.9. The summed E-state index contributed by atoms with van der Waals surface area (Å²) in [5, 5.41) is 19.7. The summed E-state index contributed by atoms with van der Waals surface area (Å²) >= 11 is 1.10. The highest BCUT2D eigenvalue weighted by Crippen LogP contribution is 2.30. The van der Waals surface area contributed by atoms with Gasteiger partial charge in [-0.2, -0.15) is 0 Å². The number of hydrazine groups is 1. The van der Waals surface area contributed by atoms with Crippen LogP contribution >= 0.6 is 11.3 Å². The quantitative estimate of drug-likeness (QED) is 0.250. The molecule has 0 aliphatic carbocycles. The molecule has 2 aliphatic heterocycles. The van der Waals surface area contributed by atoms with Gasteiger partial charge >= 0.3 is 11.9 Å². The van der Waals surface area contributed by atoms with E-state index >= 15 is 0 Å². The molecule has 4 N–H and O–H groups in total. The molecule has 2 aliphatic rings. The van der Waals surface area contributed by atoms with Gasteiger partial charge in [0.15, 0.2) is 16.5 Å². The lowest BCUT2D eigenvalue weighted by atomic mass is 10.1. The van der Waals surface area contributed by atoms with Crippen molar-refractivity contribution in [3.05, 3.63) is 22.3 Å². The fraction of sp³-hybridized carbons (Fsp3) is 0.412. The number of aliphatic carboxylic acids is 1. The van der Waals surface area contributed by atoms with Gasteiger partial charge in [-0.1, -0.05) is 12.1 Å². The van der Waals surface area contributed by atoms with Crippen molar-refractivity contribution < 1.29 is 33.9 Å². The Bertz CT molecular complexity index is 987. The maximum atomic E-state index is 12.9. The highest BCUT2D eigenvalue weighted by molar-refractivity contribution is 7.13. The lowest BCUT2D eigenvalue weighted by molar-refractivity contribution is -0.143. The number of nitrogens with two attached hydrogens (primary N) is 1. The molecule has 3 heterocycles. The number of hydrogen-bond donors (Lipinski definition) is 3. The topological polar surface area (TPSA) is 177 Å². The number of nitrogens with one attached hydrogen (secondary N) is 1. The van der Waals surface area contributed by atoms with Crippen LogP contribution in [0.15, 0.2) is 21.8 Å². The number of oxime groups is 1. The van der Waals surface area contributed by atoms with Crippen LogP contribution < -0.4 is 11.1 Å². The Hall–Kier alpha value is -3.52. The molecule has 1 atom stereocenters. The van der Waals surface area contributed by atoms with E-state index in [4.69, 9.17) is 10.5 Å². The number of fused-ring (bicyclic) bond motifs is 1. The number of thiazole rings is 1. The van der Waals surface area contributed by atoms with Gasteiger partial charge in [0.25, 0.3) is 11.8 Å². The fourth-order valence-corrected chi connectivity index (χ4v) is 3.67. The summed E-state index contributed by atoms with van der Waals surface area (Å²) in [5.74, 6) is -3.71. The molecule has 0 saturated carbocycles. The molecule has 1 aromatic heterocycles. The van der Waals surface area contributed by atoms with Gasteiger partial charge in [-0.25, -0.2) is 24.6 Å². The lowest BCUT2D eigenvalue weighted by Crippen LogP contribution is -2.46. The number of ether oxygens (including phenoxy) is 1. The standard InChI is InChI=1S/C17H20N6O7S/c1-3-4-30-16(28)8-5-22-6-9(14(25)23(22)12(8)15(26)27)19-13(24)11(21-29-2)10-7-31-17(18)20-10/h7,9H,3-6H2,1-2H3,(H2,18,20)(H,19,24)(H,26,27)/t9-/m1/s1. The van der Waals surface area contributed by atoms with E-state index in [2.05, 4.69) is 20.3 Å². The third-order valence-electron chi connectivity index (χ3n) is 4.38. The second-order valence-electron chi connectivity index (χ2n) is 6.48. The number of carbonyl (C=O) groups is 4. The number of nitrogen functional groups attached to an aromatic ring is 1. The van der Waals surface area contributed by atoms with E-state index in [-0.39, 0.29) is 41.8 Å². The van der Waals surface area contributed by atoms with Gasteiger partial charge in [0, 0.05) is 11.9 Å². The van der Waals surface area contributed by atoms with Crippen LogP contribution in [0.5, 0.6) is 0 Å². The summed E-state index contributed by atoms with van der Waals surface area (Å²) < 4.78 is 5.02. The zero-order valence-electron chi connectivity index (χ0n) is 16.7. The highest BCUT2D eigenvalue weighted by atomic mass is 32.1. The Kier molecular flexibility index (Phi) is 6.50. The first-order valence-corrected chi connectivity index (χ1v) is 10.0. The van der Waals surface area contributed by atoms with E-state index in [1.54, 1.807) is 6.92 Å². The van der Waals surface area contributed by atoms with Gasteiger partial charge < -0.3 is 25.7 Å². The summed E-state index contributed by atoms with van der Waals surface area (Å²) in [4.78, 5) is 58.2. The number of hydrogen-bond acceptors (Lipinski definition) is 11. The van der Waals surface area contributed by atoms with Crippen molar-refractivity contribution in [1.29, 1.82) is 0 Å². The zero-order valence-corrected chi connectivity index (χ0v) is 17.5. The number of carboxylic acids is 1. The molecule has 2 amide bonds. The summed E-state index contributed by atoms with van der Waals surface area (Å²) in [6.45, 7) is 1.74. The Labute approximate surface area is 180 Å². The molecule has 13 nitrogen and oxygen atoms in total. The van der Waals surface area contributed by atoms with E-state index < -0.39 is 35.5 Å². The van der Waals surface area contributed by atoms with Gasteiger partial charge in [0.2, 0.25) is 0 Å². The number of rotatable bonds is 8. The van der Waals surface area contributed by atoms with Gasteiger partial charge in [-0.3, -0.25) is 9.59 Å². The molecule has 1 fully saturated rings. The molecule has 0 unspecified atom stereocenters. The first-order valence-electron chi connectivity index (χ1n) is 9.14. The average Bonchev–Trinajstić information content (AvgIpc) is 3.39. The van der Waals surface area contributed by atoms with Crippen molar-refractivity contribution in [3.8, 4) is 0 Å². The Balaban J connectivity index is 1.79. The van der Waals surface area contributed by atoms with Crippen molar-refractivity contribution in [2.45, 2.75) is 19.4 Å². The third kappa shape index (κ3) is 4.34. The van der Waals surface area contributed by atoms with E-state index in [1.807, 2.05) is 0 Å². The number of esters is 1. The number of aromatic nitrogens is 1. The monoisotopic (exact) mass is 452 g/mol. The van der Waals surface area contributed by atoms with Crippen LogP contribution in [-0.2, 0) is 28.8 Å². The predicted octanol–water partition coefficient (Wildman–Crippen LogP) is -1.07. The SMILES string of the molecule is CCCOC(=O)C1=C(C(=O)O)N2C(=O)[C@H](NC(=O)C(=NOC)c3csc(N)n3)CN2C1. The molecule has 0 aromatic carbocycles. The van der Waals surface area contributed by atoms with E-state index in [0.717, 1.165) is 16.3 Å². The third-order valence-corrected chi connectivity index (χ3v) is 5.05. The van der Waals surface area contributed by atoms with Gasteiger partial charge in [-0.05, 0) is 6.42 Å². The normalized spacial score (nSPS) is 18.9. The second-order valence-corrected chi connectivity index (χ2v) is 7.37. The number of carboxylic acid groups (broad SMARTS) is 1. The van der Waals surface area contributed by atoms with Crippen LogP contribution in [0.3, 0.4) is 0 Å². The molecule has 1 aromatic rings. The number of nitrogens with zero attached hydrogens (tertiary/aromatic N) is 4. The van der Waals surface area contributed by atoms with E-state index in [1.165, 1.54) is 17.5 Å². The van der Waals surface area contributed by atoms with Gasteiger partial charge in [0.1, 0.15) is 18.8 Å². The fourth-order valence-electron chi connectivity index (χ4n) is 3.12. The smallest absolute Gasteiger partial charge is 0.354 e. The van der Waals surface area contributed by atoms with Gasteiger partial charge in [0.05, 0.1) is 18.7 Å². The summed E-state index contributed by atoms with van der Waals surface area (Å²) in [5.41, 5.74) is 4.95. The molecule has 3 rings (SSSR count). The van der Waals surface area contributed by atoms with Crippen LogP contribution in [0.25, 0.3) is 0 Å². The summed E-state index contributed by atoms with van der Waals surface area (Å²) in [6.07, 6.45) is 0.567. The minimum atomic E-state index is -1.45. The Morgan fingerprint density at radius 1 is 1.45 bits per heavy atom. The highest BCUT2D eigenvalue weighted by Gasteiger charge is 2.50. The Morgan fingerprint density at radius 3 is 2.77 bits per heavy atom. The molecular weight excluding hydrogens is 432 g/mol. The largest absolute Gasteiger partial charge is 0.477 e. The Morgan fingerprint density at radius 2 is 2.19 bits per heavy atom. The van der Waals surface area contributed by atoms with Crippen molar-refractivity contribution in [2.24, 2.45) is 5.16 Å². The van der Waals surface area contributed by atoms with Crippen LogP contribution in [0.2, 0.25) is 0 Å². The first-order chi connectivity index (χ1) is 14.8. The lowest BCUT2D eigenvalue weighted by Gasteiger charge is -2.18. The van der Waals surface area contributed by atoms with Crippen LogP contribution in [-0.4, -0.2) is 82.4 Å². The summed E-state index contributed by atoms with van der Waals surface area (Å²) in [6, 6.07) is -1.08. The second kappa shape index (κ2) is 9.09. The molecule has 1 saturated heterocycles. The van der Waals surface area contributed by atoms with E-state index in [0.29, 0.717) is 6.42 Å². The number of amides is 2. The van der Waals surface area contributed by atoms with Crippen LogP contribution in [0.4, 0.5) is 5.13 Å². The number of anilines is 1. The van der Waals surface area contributed by atoms with Crippen molar-refractivity contribution in [1.82, 2.24) is 20.3 Å². The minimum absolute atomic E-state index is 0.0502. The maximum Gasteiger partial charge on any atom is 0.354 e. The minimum Gasteiger partial charge on any atom is -0.477 e. The molecule has 0 bridgehead atoms. The first kappa shape index (κ1) is 22.2. The molecule has 166 valence electrons. The summed E-state index contributed by atoms with van der Waals surface area (Å²) in [7, 11) is 1.24. The van der Waals surface area contributed by atoms with Crippen molar-refractivity contribution in [3.63, 3.8) is 0 Å². The molecule has 14 heteroatoms. The van der Waals surface area contributed by atoms with Crippen molar-refractivity contribution >= 4 is 45.9 Å². The molecular formula is C17H20N6O7S. The molecule has 0 radical (unpaired) electrons. The van der Waals surface area contributed by atoms with Gasteiger partial charge in [-0.15, -0.1) is 11.3 Å². The molecule has 31 heavy (non-hydrogen) atoms. The number of carbonyl (C=O) groups excluding carboxylic acids is 3. The zero-order chi connectivity index (χ0) is 22.7. The predicted molar refractivity (Wildman–Crippen MR) is 106 cm³/mol. The average molecular weight is 452 g/mol. The van der Waals surface area contributed by atoms with Crippen molar-refractivity contribution in [2.75, 3.05) is 32.5 Å². The molecule has 0 spiro atoms. The van der Waals surface area contributed by atoms with Crippen LogP contribution in [0.1, 0.15) is 19.0 Å². The van der Waals surface area contributed by atoms with Crippen LogP contribution in [0, 0.1) is 0 Å².